The van der Waals surface area contributed by atoms with Gasteiger partial charge < -0.3 is 14.6 Å². The molecule has 7 nitrogen and oxygen atoms in total. The van der Waals surface area contributed by atoms with Gasteiger partial charge in [0.2, 0.25) is 0 Å². The number of anilines is 1. The normalized spacial score (nSPS) is 16.7. The van der Waals surface area contributed by atoms with Crippen LogP contribution in [0.2, 0.25) is 0 Å². The molecule has 1 fully saturated rings. The molecule has 192 valence electrons. The maximum atomic E-state index is 13.5. The second-order valence-corrected chi connectivity index (χ2v) is 10.1. The Kier molecular flexibility index (Phi) is 6.73. The van der Waals surface area contributed by atoms with Gasteiger partial charge in [-0.15, -0.1) is 11.3 Å². The fraction of sp³-hybridized carbons (Fsp3) is 0.167. The first kappa shape index (κ1) is 25.2. The summed E-state index contributed by atoms with van der Waals surface area (Å²) >= 11 is 1.33. The second kappa shape index (κ2) is 10.1. The Morgan fingerprint density at radius 2 is 1.84 bits per heavy atom. The molecule has 1 aliphatic rings. The number of methoxy groups -OCH3 is 1. The largest absolute Gasteiger partial charge is 0.507 e. The van der Waals surface area contributed by atoms with Gasteiger partial charge in [-0.25, -0.2) is 4.98 Å². The Balaban J connectivity index is 1.69. The molecule has 1 atom stereocenters. The minimum absolute atomic E-state index is 0.00533. The van der Waals surface area contributed by atoms with E-state index in [2.05, 4.69) is 11.6 Å². The summed E-state index contributed by atoms with van der Waals surface area (Å²) in [6.45, 7) is 7.75. The first-order valence-corrected chi connectivity index (χ1v) is 12.8. The molecule has 1 N–H and O–H groups in total. The molecule has 3 aromatic carbocycles. The lowest BCUT2D eigenvalue weighted by Crippen LogP contribution is -2.29. The Hall–Kier alpha value is -4.43. The van der Waals surface area contributed by atoms with Gasteiger partial charge in [0.15, 0.2) is 5.13 Å². The summed E-state index contributed by atoms with van der Waals surface area (Å²) in [5.41, 5.74) is 1.81. The summed E-state index contributed by atoms with van der Waals surface area (Å²) in [6.07, 6.45) is 1.63. The summed E-state index contributed by atoms with van der Waals surface area (Å²) in [5.74, 6) is -0.499. The number of nitrogens with zero attached hydrogens (tertiary/aromatic N) is 2. The van der Waals surface area contributed by atoms with Gasteiger partial charge in [0, 0.05) is 10.4 Å². The number of amides is 1. The van der Waals surface area contributed by atoms with Crippen molar-refractivity contribution >= 4 is 44.7 Å². The third-order valence-electron chi connectivity index (χ3n) is 6.53. The molecule has 4 aromatic rings. The van der Waals surface area contributed by atoms with E-state index in [0.29, 0.717) is 34.4 Å². The molecule has 1 amide bonds. The molecule has 0 radical (unpaired) electrons. The van der Waals surface area contributed by atoms with Gasteiger partial charge in [-0.2, -0.15) is 0 Å². The number of aliphatic hydroxyl groups is 1. The van der Waals surface area contributed by atoms with E-state index >= 15 is 0 Å². The summed E-state index contributed by atoms with van der Waals surface area (Å²) in [4.78, 5) is 33.8. The van der Waals surface area contributed by atoms with Crippen molar-refractivity contribution in [3.63, 3.8) is 0 Å². The van der Waals surface area contributed by atoms with E-state index in [9.17, 15) is 14.7 Å². The molecule has 1 aromatic heterocycles. The van der Waals surface area contributed by atoms with E-state index in [1.165, 1.54) is 16.2 Å². The van der Waals surface area contributed by atoms with Gasteiger partial charge in [-0.1, -0.05) is 43.0 Å². The highest BCUT2D eigenvalue weighted by molar-refractivity contribution is 7.16. The average molecular weight is 527 g/mol. The lowest BCUT2D eigenvalue weighted by Gasteiger charge is -2.23. The van der Waals surface area contributed by atoms with Crippen LogP contribution in [0, 0.1) is 13.8 Å². The Labute approximate surface area is 224 Å². The Morgan fingerprint density at radius 1 is 1.08 bits per heavy atom. The zero-order valence-electron chi connectivity index (χ0n) is 21.2. The maximum absolute atomic E-state index is 13.5. The summed E-state index contributed by atoms with van der Waals surface area (Å²) < 4.78 is 11.0. The van der Waals surface area contributed by atoms with Crippen molar-refractivity contribution in [1.29, 1.82) is 0 Å². The number of carbonyl (C=O) groups is 2. The molecule has 1 unspecified atom stereocenters. The quantitative estimate of drug-likeness (QED) is 0.135. The molecule has 1 saturated heterocycles. The Morgan fingerprint density at radius 3 is 2.55 bits per heavy atom. The third-order valence-corrected chi connectivity index (χ3v) is 7.60. The number of Topliss-reactive ketones (excluding diaryl/α,β-unsaturated/α-hetero) is 1. The number of thiazole rings is 1. The number of ether oxygens (including phenoxy) is 2. The number of fused-ring (bicyclic) bond motifs is 1. The predicted molar refractivity (Wildman–Crippen MR) is 149 cm³/mol. The van der Waals surface area contributed by atoms with Crippen LogP contribution in [-0.4, -0.2) is 35.5 Å². The lowest BCUT2D eigenvalue weighted by atomic mass is 9.94. The molecule has 5 rings (SSSR count). The number of aryl methyl sites for hydroxylation is 2. The van der Waals surface area contributed by atoms with E-state index in [0.717, 1.165) is 21.3 Å². The highest BCUT2D eigenvalue weighted by Crippen LogP contribution is 2.44. The van der Waals surface area contributed by atoms with Crippen molar-refractivity contribution in [1.82, 2.24) is 4.98 Å². The molecule has 0 bridgehead atoms. The molecular formula is C30H26N2O5S. The first-order chi connectivity index (χ1) is 18.3. The fourth-order valence-corrected chi connectivity index (χ4v) is 5.42. The van der Waals surface area contributed by atoms with Gasteiger partial charge in [-0.05, 0) is 60.5 Å². The molecule has 38 heavy (non-hydrogen) atoms. The minimum atomic E-state index is -0.890. The number of ketones is 1. The highest BCUT2D eigenvalue weighted by Gasteiger charge is 2.48. The van der Waals surface area contributed by atoms with Crippen molar-refractivity contribution < 1.29 is 24.2 Å². The van der Waals surface area contributed by atoms with Gasteiger partial charge in [-0.3, -0.25) is 14.5 Å². The molecule has 0 aliphatic carbocycles. The number of aliphatic hydroxyl groups excluding tert-OH is 1. The topological polar surface area (TPSA) is 89.0 Å². The molecule has 2 heterocycles. The number of hydrogen-bond acceptors (Lipinski definition) is 7. The van der Waals surface area contributed by atoms with Gasteiger partial charge in [0.25, 0.3) is 5.78 Å². The first-order valence-electron chi connectivity index (χ1n) is 12.0. The van der Waals surface area contributed by atoms with E-state index in [4.69, 9.17) is 9.47 Å². The van der Waals surface area contributed by atoms with Crippen LogP contribution in [0.5, 0.6) is 11.5 Å². The van der Waals surface area contributed by atoms with Crippen LogP contribution in [0.25, 0.3) is 16.5 Å². The van der Waals surface area contributed by atoms with E-state index in [1.54, 1.807) is 49.6 Å². The summed E-state index contributed by atoms with van der Waals surface area (Å²) in [5, 5.41) is 13.7. The fourth-order valence-electron chi connectivity index (χ4n) is 4.49. The lowest BCUT2D eigenvalue weighted by molar-refractivity contribution is -0.132. The highest BCUT2D eigenvalue weighted by atomic mass is 32.1. The number of benzene rings is 3. The van der Waals surface area contributed by atoms with Crippen LogP contribution in [0.4, 0.5) is 5.13 Å². The van der Waals surface area contributed by atoms with E-state index < -0.39 is 17.7 Å². The van der Waals surface area contributed by atoms with Crippen LogP contribution in [0.15, 0.2) is 78.9 Å². The number of hydrogen-bond donors (Lipinski definition) is 1. The van der Waals surface area contributed by atoms with Gasteiger partial charge in [0.05, 0.1) is 24.4 Å². The van der Waals surface area contributed by atoms with E-state index in [1.807, 2.05) is 38.1 Å². The molecular weight excluding hydrogens is 500 g/mol. The van der Waals surface area contributed by atoms with Crippen molar-refractivity contribution in [3.05, 3.63) is 101 Å². The second-order valence-electron chi connectivity index (χ2n) is 8.91. The SMILES string of the molecule is C=CCOc1cccc(C2/C(=C(\O)c3ccc4cc(OC)ccc4c3)C(=O)C(=O)N2c2nc(C)c(C)s2)c1. The van der Waals surface area contributed by atoms with Crippen LogP contribution >= 0.6 is 11.3 Å². The Bertz CT molecular complexity index is 1600. The van der Waals surface area contributed by atoms with Crippen LogP contribution in [0.1, 0.15) is 27.7 Å². The smallest absolute Gasteiger partial charge is 0.301 e. The van der Waals surface area contributed by atoms with Crippen LogP contribution in [0.3, 0.4) is 0 Å². The molecule has 0 spiro atoms. The number of rotatable bonds is 7. The minimum Gasteiger partial charge on any atom is -0.507 e. The standard InChI is InChI=1S/C30H26N2O5S/c1-5-13-37-24-8-6-7-21(16-24)26-25(28(34)29(35)32(26)30-31-17(2)18(3)38-30)27(33)22-10-9-20-15-23(36-4)12-11-19(20)14-22/h5-12,14-16,26,33H,1,13H2,2-4H3/b27-25+. The number of carbonyl (C=O) groups excluding carboxylic acids is 2. The van der Waals surface area contributed by atoms with E-state index in [-0.39, 0.29) is 11.3 Å². The maximum Gasteiger partial charge on any atom is 0.301 e. The zero-order valence-corrected chi connectivity index (χ0v) is 22.0. The van der Waals surface area contributed by atoms with Gasteiger partial charge in [0.1, 0.15) is 23.9 Å². The van der Waals surface area contributed by atoms with Crippen molar-refractivity contribution in [3.8, 4) is 11.5 Å². The monoisotopic (exact) mass is 526 g/mol. The van der Waals surface area contributed by atoms with Crippen LogP contribution < -0.4 is 14.4 Å². The summed E-state index contributed by atoms with van der Waals surface area (Å²) in [7, 11) is 1.60. The van der Waals surface area contributed by atoms with Crippen molar-refractivity contribution in [2.24, 2.45) is 0 Å². The molecule has 0 saturated carbocycles. The third kappa shape index (κ3) is 4.43. The predicted octanol–water partition coefficient (Wildman–Crippen LogP) is 6.11. The number of aromatic nitrogens is 1. The van der Waals surface area contributed by atoms with Crippen molar-refractivity contribution in [2.75, 3.05) is 18.6 Å². The average Bonchev–Trinajstić information content (AvgIpc) is 3.40. The summed E-state index contributed by atoms with van der Waals surface area (Å²) in [6, 6.07) is 17.2. The van der Waals surface area contributed by atoms with Crippen LogP contribution in [-0.2, 0) is 9.59 Å². The molecule has 8 heteroatoms. The zero-order chi connectivity index (χ0) is 27.0. The van der Waals surface area contributed by atoms with Gasteiger partial charge >= 0.3 is 5.91 Å². The van der Waals surface area contributed by atoms with Crippen molar-refractivity contribution in [2.45, 2.75) is 19.9 Å². The molecule has 1 aliphatic heterocycles.